The molecular weight excluding hydrogens is 393 g/mol. The number of nitrogens with one attached hydrogen (secondary N) is 1. The maximum atomic E-state index is 13.3. The van der Waals surface area contributed by atoms with Crippen LogP contribution >= 0.6 is 31.9 Å². The smallest absolute Gasteiger partial charge is 0.330 e. The van der Waals surface area contributed by atoms with Gasteiger partial charge in [0.25, 0.3) is 0 Å². The molecule has 0 heterocycles. The van der Waals surface area contributed by atoms with Crippen molar-refractivity contribution < 1.29 is 14.3 Å². The second-order valence-electron chi connectivity index (χ2n) is 4.06. The molecule has 2 aromatic rings. The molecule has 2 rings (SSSR count). The van der Waals surface area contributed by atoms with Gasteiger partial charge in [-0.15, -0.1) is 0 Å². The van der Waals surface area contributed by atoms with Crippen molar-refractivity contribution in [1.82, 2.24) is 0 Å². The second kappa shape index (κ2) is 6.37. The molecule has 0 aliphatic rings. The van der Waals surface area contributed by atoms with Gasteiger partial charge in [-0.25, -0.2) is 9.18 Å². The first-order chi connectivity index (χ1) is 9.49. The molecule has 20 heavy (non-hydrogen) atoms. The zero-order valence-electron chi connectivity index (χ0n) is 10.1. The Morgan fingerprint density at radius 2 is 1.85 bits per heavy atom. The minimum Gasteiger partial charge on any atom is -0.479 e. The van der Waals surface area contributed by atoms with Crippen LogP contribution in [0.5, 0.6) is 0 Å². The van der Waals surface area contributed by atoms with Gasteiger partial charge in [-0.2, -0.15) is 0 Å². The Morgan fingerprint density at radius 1 is 1.15 bits per heavy atom. The first kappa shape index (κ1) is 15.0. The lowest BCUT2D eigenvalue weighted by Crippen LogP contribution is -2.21. The Labute approximate surface area is 132 Å². The quantitative estimate of drug-likeness (QED) is 0.786. The third-order valence-corrected chi connectivity index (χ3v) is 4.10. The number of benzene rings is 2. The fourth-order valence-corrected chi connectivity index (χ4v) is 2.62. The highest BCUT2D eigenvalue weighted by Gasteiger charge is 2.23. The van der Waals surface area contributed by atoms with E-state index in [0.29, 0.717) is 15.7 Å². The number of para-hydroxylation sites is 1. The number of aliphatic carboxylic acids is 1. The number of carbonyl (C=O) groups is 1. The van der Waals surface area contributed by atoms with Gasteiger partial charge >= 0.3 is 5.97 Å². The minimum atomic E-state index is -1.09. The van der Waals surface area contributed by atoms with E-state index in [4.69, 9.17) is 0 Å². The second-order valence-corrected chi connectivity index (χ2v) is 5.77. The van der Waals surface area contributed by atoms with Gasteiger partial charge in [-0.1, -0.05) is 28.1 Å². The van der Waals surface area contributed by atoms with Crippen molar-refractivity contribution in [3.63, 3.8) is 0 Å². The van der Waals surface area contributed by atoms with E-state index in [9.17, 15) is 14.3 Å². The highest BCUT2D eigenvalue weighted by molar-refractivity contribution is 9.11. The van der Waals surface area contributed by atoms with Crippen molar-refractivity contribution in [1.29, 1.82) is 0 Å². The lowest BCUT2D eigenvalue weighted by atomic mass is 10.1. The monoisotopic (exact) mass is 401 g/mol. The largest absolute Gasteiger partial charge is 0.479 e. The fraction of sp³-hybridized carbons (Fsp3) is 0.0714. The summed E-state index contributed by atoms with van der Waals surface area (Å²) in [6, 6.07) is 10.0. The van der Waals surface area contributed by atoms with Crippen molar-refractivity contribution in [2.75, 3.05) is 5.32 Å². The number of carboxylic acid groups (broad SMARTS) is 1. The van der Waals surface area contributed by atoms with Gasteiger partial charge in [0.2, 0.25) is 0 Å². The molecule has 0 radical (unpaired) electrons. The Hall–Kier alpha value is -1.40. The summed E-state index contributed by atoms with van der Waals surface area (Å²) >= 11 is 6.59. The third kappa shape index (κ3) is 3.37. The predicted molar refractivity (Wildman–Crippen MR) is 82.2 cm³/mol. The molecule has 0 fully saturated rings. The number of rotatable bonds is 4. The molecule has 1 unspecified atom stereocenters. The van der Waals surface area contributed by atoms with Crippen molar-refractivity contribution in [2.45, 2.75) is 6.04 Å². The molecule has 104 valence electrons. The SMILES string of the molecule is O=C(O)C(Nc1ccccc1Br)c1cc(F)ccc1Br. The van der Waals surface area contributed by atoms with Crippen LogP contribution in [0.25, 0.3) is 0 Å². The molecule has 0 bridgehead atoms. The van der Waals surface area contributed by atoms with E-state index in [1.54, 1.807) is 18.2 Å². The van der Waals surface area contributed by atoms with Gasteiger partial charge in [0.1, 0.15) is 5.82 Å². The summed E-state index contributed by atoms with van der Waals surface area (Å²) in [6.07, 6.45) is 0. The van der Waals surface area contributed by atoms with Crippen molar-refractivity contribution in [3.05, 3.63) is 62.8 Å². The number of halogens is 3. The maximum absolute atomic E-state index is 13.3. The Balaban J connectivity index is 2.40. The van der Waals surface area contributed by atoms with Crippen LogP contribution < -0.4 is 5.32 Å². The summed E-state index contributed by atoms with van der Waals surface area (Å²) in [5.74, 6) is -1.57. The normalized spacial score (nSPS) is 11.9. The molecular formula is C14H10Br2FNO2. The predicted octanol–water partition coefficient (Wildman–Crippen LogP) is 4.59. The Bertz CT molecular complexity index is 649. The molecule has 3 nitrogen and oxygen atoms in total. The molecule has 0 aliphatic carbocycles. The summed E-state index contributed by atoms with van der Waals surface area (Å²) in [7, 11) is 0. The van der Waals surface area contributed by atoms with Gasteiger partial charge < -0.3 is 10.4 Å². The van der Waals surface area contributed by atoms with Crippen LogP contribution in [0.15, 0.2) is 51.4 Å². The fourth-order valence-electron chi connectivity index (χ4n) is 1.74. The third-order valence-electron chi connectivity index (χ3n) is 2.69. The molecule has 2 aromatic carbocycles. The van der Waals surface area contributed by atoms with E-state index in [2.05, 4.69) is 37.2 Å². The Morgan fingerprint density at radius 3 is 2.50 bits per heavy atom. The summed E-state index contributed by atoms with van der Waals surface area (Å²) < 4.78 is 14.6. The molecule has 0 saturated heterocycles. The van der Waals surface area contributed by atoms with Gasteiger partial charge in [-0.05, 0) is 46.3 Å². The number of anilines is 1. The summed E-state index contributed by atoms with van der Waals surface area (Å²) in [6.45, 7) is 0. The standard InChI is InChI=1S/C14H10Br2FNO2/c15-10-6-5-8(17)7-9(10)13(14(19)20)18-12-4-2-1-3-11(12)16/h1-7,13,18H,(H,19,20). The van der Waals surface area contributed by atoms with Crippen molar-refractivity contribution >= 4 is 43.5 Å². The van der Waals surface area contributed by atoms with E-state index in [1.807, 2.05) is 6.07 Å². The first-order valence-corrected chi connectivity index (χ1v) is 7.26. The number of hydrogen-bond donors (Lipinski definition) is 2. The summed E-state index contributed by atoms with van der Waals surface area (Å²) in [5, 5.41) is 12.3. The molecule has 1 atom stereocenters. The van der Waals surface area contributed by atoms with Gasteiger partial charge in [0.05, 0.1) is 0 Å². The van der Waals surface area contributed by atoms with Crippen LogP contribution in [-0.2, 0) is 4.79 Å². The molecule has 6 heteroatoms. The van der Waals surface area contributed by atoms with E-state index in [0.717, 1.165) is 4.47 Å². The van der Waals surface area contributed by atoms with Crippen LogP contribution in [-0.4, -0.2) is 11.1 Å². The zero-order valence-corrected chi connectivity index (χ0v) is 13.3. The average Bonchev–Trinajstić information content (AvgIpc) is 2.40. The summed E-state index contributed by atoms with van der Waals surface area (Å²) in [4.78, 5) is 11.5. The highest BCUT2D eigenvalue weighted by Crippen LogP contribution is 2.30. The first-order valence-electron chi connectivity index (χ1n) is 5.68. The Kier molecular flexibility index (Phi) is 4.77. The van der Waals surface area contributed by atoms with E-state index in [1.165, 1.54) is 18.2 Å². The number of carboxylic acids is 1. The van der Waals surface area contributed by atoms with Gasteiger partial charge in [-0.3, -0.25) is 0 Å². The maximum Gasteiger partial charge on any atom is 0.330 e. The molecule has 0 amide bonds. The van der Waals surface area contributed by atoms with Crippen molar-refractivity contribution in [3.8, 4) is 0 Å². The van der Waals surface area contributed by atoms with E-state index < -0.39 is 17.8 Å². The topological polar surface area (TPSA) is 49.3 Å². The minimum absolute atomic E-state index is 0.327. The van der Waals surface area contributed by atoms with Gasteiger partial charge in [0, 0.05) is 20.2 Å². The van der Waals surface area contributed by atoms with E-state index >= 15 is 0 Å². The summed E-state index contributed by atoms with van der Waals surface area (Å²) in [5.41, 5.74) is 0.948. The highest BCUT2D eigenvalue weighted by atomic mass is 79.9. The average molecular weight is 403 g/mol. The van der Waals surface area contributed by atoms with E-state index in [-0.39, 0.29) is 0 Å². The molecule has 0 aliphatic heterocycles. The van der Waals surface area contributed by atoms with Crippen molar-refractivity contribution in [2.24, 2.45) is 0 Å². The number of hydrogen-bond acceptors (Lipinski definition) is 2. The van der Waals surface area contributed by atoms with Crippen LogP contribution in [0.3, 0.4) is 0 Å². The lowest BCUT2D eigenvalue weighted by molar-refractivity contribution is -0.138. The van der Waals surface area contributed by atoms with Gasteiger partial charge in [0.15, 0.2) is 6.04 Å². The van der Waals surface area contributed by atoms with Crippen LogP contribution in [0, 0.1) is 5.82 Å². The molecule has 0 saturated carbocycles. The van der Waals surface area contributed by atoms with Crippen LogP contribution in [0.4, 0.5) is 10.1 Å². The molecule has 0 spiro atoms. The lowest BCUT2D eigenvalue weighted by Gasteiger charge is -2.18. The zero-order chi connectivity index (χ0) is 14.7. The van der Waals surface area contributed by atoms with Crippen LogP contribution in [0.1, 0.15) is 11.6 Å². The van der Waals surface area contributed by atoms with Crippen LogP contribution in [0.2, 0.25) is 0 Å². The molecule has 2 N–H and O–H groups in total. The molecule has 0 aromatic heterocycles.